The van der Waals surface area contributed by atoms with Gasteiger partial charge in [0.2, 0.25) is 0 Å². The third-order valence-electron chi connectivity index (χ3n) is 2.93. The lowest BCUT2D eigenvalue weighted by Crippen LogP contribution is -2.31. The number of para-hydroxylation sites is 1. The molecule has 1 N–H and O–H groups in total. The van der Waals surface area contributed by atoms with Gasteiger partial charge in [0.15, 0.2) is 6.10 Å². The van der Waals surface area contributed by atoms with Crippen LogP contribution in [-0.2, 0) is 11.2 Å². The number of nitrogens with zero attached hydrogens (tertiary/aromatic N) is 1. The number of fused-ring (bicyclic) bond motifs is 1. The first kappa shape index (κ1) is 12.0. The highest BCUT2D eigenvalue weighted by Crippen LogP contribution is 2.28. The SMILES string of the molecule is O=C(Nc1ccc(Cl)nc1)C1Cc2ccccc2O1. The minimum atomic E-state index is -0.493. The van der Waals surface area contributed by atoms with E-state index in [9.17, 15) is 4.79 Å². The van der Waals surface area contributed by atoms with Crippen LogP contribution in [0, 0.1) is 0 Å². The van der Waals surface area contributed by atoms with Gasteiger partial charge in [0.25, 0.3) is 5.91 Å². The second-order valence-corrected chi connectivity index (χ2v) is 4.66. The molecule has 3 rings (SSSR count). The van der Waals surface area contributed by atoms with Crippen LogP contribution in [-0.4, -0.2) is 17.0 Å². The molecule has 1 unspecified atom stereocenters. The van der Waals surface area contributed by atoms with Crippen molar-refractivity contribution in [3.8, 4) is 5.75 Å². The Hall–Kier alpha value is -2.07. The second-order valence-electron chi connectivity index (χ2n) is 4.28. The fourth-order valence-corrected chi connectivity index (χ4v) is 2.11. The number of nitrogens with one attached hydrogen (secondary N) is 1. The number of pyridine rings is 1. The van der Waals surface area contributed by atoms with E-state index in [1.165, 1.54) is 6.20 Å². The van der Waals surface area contributed by atoms with Crippen LogP contribution in [0.5, 0.6) is 5.75 Å². The number of amides is 1. The number of benzene rings is 1. The van der Waals surface area contributed by atoms with Gasteiger partial charge in [0.1, 0.15) is 10.9 Å². The van der Waals surface area contributed by atoms with E-state index in [2.05, 4.69) is 10.3 Å². The smallest absolute Gasteiger partial charge is 0.265 e. The van der Waals surface area contributed by atoms with Crippen LogP contribution in [0.3, 0.4) is 0 Å². The molecule has 4 nitrogen and oxygen atoms in total. The minimum absolute atomic E-state index is 0.180. The summed E-state index contributed by atoms with van der Waals surface area (Å²) in [5.74, 6) is 0.595. The Balaban J connectivity index is 1.68. The molecule has 0 fully saturated rings. The van der Waals surface area contributed by atoms with Crippen molar-refractivity contribution in [1.29, 1.82) is 0 Å². The summed E-state index contributed by atoms with van der Waals surface area (Å²) in [5, 5.41) is 3.15. The fourth-order valence-electron chi connectivity index (χ4n) is 2.00. The molecular formula is C14H11ClN2O2. The summed E-state index contributed by atoms with van der Waals surface area (Å²) in [5.41, 5.74) is 1.66. The average molecular weight is 275 g/mol. The lowest BCUT2D eigenvalue weighted by atomic mass is 10.1. The van der Waals surface area contributed by atoms with Crippen molar-refractivity contribution in [2.24, 2.45) is 0 Å². The van der Waals surface area contributed by atoms with Crippen LogP contribution < -0.4 is 10.1 Å². The number of hydrogen-bond acceptors (Lipinski definition) is 3. The Morgan fingerprint density at radius 3 is 2.89 bits per heavy atom. The Morgan fingerprint density at radius 1 is 1.32 bits per heavy atom. The van der Waals surface area contributed by atoms with Gasteiger partial charge >= 0.3 is 0 Å². The zero-order chi connectivity index (χ0) is 13.2. The number of hydrogen-bond donors (Lipinski definition) is 1. The molecule has 0 saturated heterocycles. The molecule has 0 aliphatic carbocycles. The number of carbonyl (C=O) groups excluding carboxylic acids is 1. The second kappa shape index (κ2) is 4.90. The normalized spacial score (nSPS) is 16.6. The zero-order valence-corrected chi connectivity index (χ0v) is 10.7. The van der Waals surface area contributed by atoms with Crippen molar-refractivity contribution in [3.05, 3.63) is 53.3 Å². The van der Waals surface area contributed by atoms with Crippen LogP contribution in [0.25, 0.3) is 0 Å². The predicted octanol–water partition coefficient (Wildman–Crippen LogP) is 2.68. The number of anilines is 1. The first-order valence-electron chi connectivity index (χ1n) is 5.89. The van der Waals surface area contributed by atoms with Gasteiger partial charge in [-0.15, -0.1) is 0 Å². The van der Waals surface area contributed by atoms with E-state index in [1.54, 1.807) is 12.1 Å². The minimum Gasteiger partial charge on any atom is -0.480 e. The van der Waals surface area contributed by atoms with Gasteiger partial charge in [-0.25, -0.2) is 4.98 Å². The van der Waals surface area contributed by atoms with Gasteiger partial charge in [-0.05, 0) is 23.8 Å². The number of halogens is 1. The van der Waals surface area contributed by atoms with Crippen LogP contribution >= 0.6 is 11.6 Å². The van der Waals surface area contributed by atoms with Gasteiger partial charge in [-0.1, -0.05) is 29.8 Å². The molecule has 1 aliphatic rings. The predicted molar refractivity (Wildman–Crippen MR) is 72.4 cm³/mol. The maximum Gasteiger partial charge on any atom is 0.265 e. The van der Waals surface area contributed by atoms with Crippen LogP contribution in [0.1, 0.15) is 5.56 Å². The summed E-state index contributed by atoms with van der Waals surface area (Å²) < 4.78 is 5.61. The molecule has 1 amide bonds. The summed E-state index contributed by atoms with van der Waals surface area (Å²) in [6.45, 7) is 0. The van der Waals surface area contributed by atoms with Crippen LogP contribution in [0.15, 0.2) is 42.6 Å². The highest BCUT2D eigenvalue weighted by molar-refractivity contribution is 6.29. The van der Waals surface area contributed by atoms with E-state index in [0.29, 0.717) is 17.3 Å². The highest BCUT2D eigenvalue weighted by atomic mass is 35.5. The fraction of sp³-hybridized carbons (Fsp3) is 0.143. The summed E-state index contributed by atoms with van der Waals surface area (Å²) in [6.07, 6.45) is 1.61. The van der Waals surface area contributed by atoms with Crippen molar-refractivity contribution < 1.29 is 9.53 Å². The topological polar surface area (TPSA) is 51.2 Å². The maximum atomic E-state index is 12.1. The molecule has 0 radical (unpaired) electrons. The van der Waals surface area contributed by atoms with Gasteiger partial charge in [0, 0.05) is 6.42 Å². The van der Waals surface area contributed by atoms with E-state index < -0.39 is 6.10 Å². The van der Waals surface area contributed by atoms with E-state index in [0.717, 1.165) is 11.3 Å². The largest absolute Gasteiger partial charge is 0.480 e. The van der Waals surface area contributed by atoms with E-state index in [1.807, 2.05) is 24.3 Å². The molecule has 19 heavy (non-hydrogen) atoms. The Bertz CT molecular complexity index is 588. The van der Waals surface area contributed by atoms with Crippen molar-refractivity contribution >= 4 is 23.2 Å². The third-order valence-corrected chi connectivity index (χ3v) is 3.16. The molecule has 96 valence electrons. The average Bonchev–Trinajstić information content (AvgIpc) is 2.85. The molecule has 1 aromatic heterocycles. The summed E-state index contributed by atoms with van der Waals surface area (Å²) >= 11 is 5.69. The van der Waals surface area contributed by atoms with Crippen molar-refractivity contribution in [2.75, 3.05) is 5.32 Å². The molecule has 2 heterocycles. The Kier molecular flexibility index (Phi) is 3.09. The Labute approximate surface area is 115 Å². The molecular weight excluding hydrogens is 264 g/mol. The van der Waals surface area contributed by atoms with E-state index >= 15 is 0 Å². The third kappa shape index (κ3) is 2.53. The standard InChI is InChI=1S/C14H11ClN2O2/c15-13-6-5-10(8-16-13)17-14(18)12-7-9-3-1-2-4-11(9)19-12/h1-6,8,12H,7H2,(H,17,18). The van der Waals surface area contributed by atoms with Gasteiger partial charge < -0.3 is 10.1 Å². The molecule has 1 aromatic carbocycles. The highest BCUT2D eigenvalue weighted by Gasteiger charge is 2.28. The van der Waals surface area contributed by atoms with Crippen molar-refractivity contribution in [2.45, 2.75) is 12.5 Å². The van der Waals surface area contributed by atoms with Crippen molar-refractivity contribution in [1.82, 2.24) is 4.98 Å². The monoisotopic (exact) mass is 274 g/mol. The first-order chi connectivity index (χ1) is 9.22. The first-order valence-corrected chi connectivity index (χ1v) is 6.27. The van der Waals surface area contributed by atoms with Crippen LogP contribution in [0.2, 0.25) is 5.15 Å². The molecule has 0 saturated carbocycles. The van der Waals surface area contributed by atoms with E-state index in [4.69, 9.17) is 16.3 Å². The van der Waals surface area contributed by atoms with Crippen LogP contribution in [0.4, 0.5) is 5.69 Å². The summed E-state index contributed by atoms with van der Waals surface area (Å²) in [7, 11) is 0. The summed E-state index contributed by atoms with van der Waals surface area (Å²) in [4.78, 5) is 16.0. The van der Waals surface area contributed by atoms with Crippen molar-refractivity contribution in [3.63, 3.8) is 0 Å². The Morgan fingerprint density at radius 2 is 2.16 bits per heavy atom. The van der Waals surface area contributed by atoms with E-state index in [-0.39, 0.29) is 5.91 Å². The molecule has 1 aliphatic heterocycles. The number of carbonyl (C=O) groups is 1. The van der Waals surface area contributed by atoms with Gasteiger partial charge in [0.05, 0.1) is 11.9 Å². The lowest BCUT2D eigenvalue weighted by molar-refractivity contribution is -0.122. The number of rotatable bonds is 2. The molecule has 0 spiro atoms. The zero-order valence-electron chi connectivity index (χ0n) is 9.97. The quantitative estimate of drug-likeness (QED) is 0.857. The number of ether oxygens (including phenoxy) is 1. The molecule has 2 aromatic rings. The summed E-state index contributed by atoms with van der Waals surface area (Å²) in [6, 6.07) is 11.0. The maximum absolute atomic E-state index is 12.1. The molecule has 0 bridgehead atoms. The van der Waals surface area contributed by atoms with Gasteiger partial charge in [-0.2, -0.15) is 0 Å². The van der Waals surface area contributed by atoms with Gasteiger partial charge in [-0.3, -0.25) is 4.79 Å². The molecule has 5 heteroatoms. The molecule has 1 atom stereocenters. The number of aromatic nitrogens is 1. The lowest BCUT2D eigenvalue weighted by Gasteiger charge is -2.11.